The molecule has 3 nitrogen and oxygen atoms in total. The molecule has 0 aliphatic heterocycles. The zero-order valence-corrected chi connectivity index (χ0v) is 11.2. The van der Waals surface area contributed by atoms with E-state index in [1.165, 1.54) is 32.1 Å². The molecule has 0 amide bonds. The molecular formula is C12H25NO2S. The molecule has 0 bridgehead atoms. The summed E-state index contributed by atoms with van der Waals surface area (Å²) in [5.74, 6) is 0.0107. The maximum absolute atomic E-state index is 11.2. The van der Waals surface area contributed by atoms with Crippen molar-refractivity contribution in [1.29, 1.82) is 0 Å². The lowest BCUT2D eigenvalue weighted by molar-refractivity contribution is -0.144. The van der Waals surface area contributed by atoms with Crippen molar-refractivity contribution < 1.29 is 9.53 Å². The number of unbranched alkanes of at least 4 members (excludes halogenated alkanes) is 6. The number of esters is 1. The number of ether oxygens (including phenoxy) is 1. The van der Waals surface area contributed by atoms with Crippen LogP contribution in [-0.2, 0) is 9.53 Å². The van der Waals surface area contributed by atoms with E-state index in [2.05, 4.69) is 19.6 Å². The highest BCUT2D eigenvalue weighted by molar-refractivity contribution is 7.80. The van der Waals surface area contributed by atoms with E-state index in [0.717, 1.165) is 12.8 Å². The van der Waals surface area contributed by atoms with Gasteiger partial charge >= 0.3 is 5.97 Å². The molecule has 16 heavy (non-hydrogen) atoms. The molecule has 0 spiro atoms. The molecule has 96 valence electrons. The zero-order valence-electron chi connectivity index (χ0n) is 10.3. The smallest absolute Gasteiger partial charge is 0.323 e. The summed E-state index contributed by atoms with van der Waals surface area (Å²) in [6.07, 6.45) is 8.52. The molecule has 4 heteroatoms. The highest BCUT2D eigenvalue weighted by Gasteiger charge is 2.11. The number of hydrogen-bond donors (Lipinski definition) is 2. The van der Waals surface area contributed by atoms with Crippen molar-refractivity contribution in [3.8, 4) is 0 Å². The number of hydrogen-bond acceptors (Lipinski definition) is 4. The normalized spacial score (nSPS) is 12.4. The van der Waals surface area contributed by atoms with Crippen molar-refractivity contribution in [2.75, 3.05) is 12.4 Å². The van der Waals surface area contributed by atoms with Gasteiger partial charge in [0, 0.05) is 5.75 Å². The van der Waals surface area contributed by atoms with E-state index in [4.69, 9.17) is 10.5 Å². The van der Waals surface area contributed by atoms with Gasteiger partial charge in [0.15, 0.2) is 0 Å². The Hall–Kier alpha value is -0.220. The van der Waals surface area contributed by atoms with E-state index in [-0.39, 0.29) is 5.97 Å². The fraction of sp³-hybridized carbons (Fsp3) is 0.917. The van der Waals surface area contributed by atoms with Gasteiger partial charge in [0.1, 0.15) is 6.04 Å². The predicted octanol–water partition coefficient (Wildman–Crippen LogP) is 2.54. The highest BCUT2D eigenvalue weighted by Crippen LogP contribution is 2.06. The Bertz CT molecular complexity index is 176. The number of rotatable bonds is 10. The Morgan fingerprint density at radius 3 is 2.31 bits per heavy atom. The summed E-state index contributed by atoms with van der Waals surface area (Å²) in [6.45, 7) is 2.71. The van der Waals surface area contributed by atoms with E-state index >= 15 is 0 Å². The fourth-order valence-corrected chi connectivity index (χ4v) is 1.56. The average molecular weight is 247 g/mol. The summed E-state index contributed by atoms with van der Waals surface area (Å²) in [5, 5.41) is 0. The lowest BCUT2D eigenvalue weighted by Gasteiger charge is -2.08. The largest absolute Gasteiger partial charge is 0.465 e. The molecular weight excluding hydrogens is 222 g/mol. The van der Waals surface area contributed by atoms with Crippen LogP contribution in [-0.4, -0.2) is 24.4 Å². The second-order valence-electron chi connectivity index (χ2n) is 4.08. The van der Waals surface area contributed by atoms with Crippen molar-refractivity contribution in [2.45, 2.75) is 57.9 Å². The van der Waals surface area contributed by atoms with E-state index in [1.54, 1.807) is 0 Å². The first-order valence-electron chi connectivity index (χ1n) is 6.25. The summed E-state index contributed by atoms with van der Waals surface area (Å²) < 4.78 is 5.01. The molecule has 0 rings (SSSR count). The molecule has 0 unspecified atom stereocenters. The van der Waals surface area contributed by atoms with E-state index in [0.29, 0.717) is 12.4 Å². The average Bonchev–Trinajstić information content (AvgIpc) is 2.31. The van der Waals surface area contributed by atoms with Crippen molar-refractivity contribution in [3.05, 3.63) is 0 Å². The van der Waals surface area contributed by atoms with Crippen LogP contribution >= 0.6 is 12.6 Å². The van der Waals surface area contributed by atoms with Gasteiger partial charge in [-0.15, -0.1) is 0 Å². The van der Waals surface area contributed by atoms with Gasteiger partial charge < -0.3 is 10.5 Å². The molecule has 2 N–H and O–H groups in total. The Morgan fingerprint density at radius 1 is 1.19 bits per heavy atom. The Balaban J connectivity index is 3.18. The standard InChI is InChI=1S/C12H25NO2S/c1-2-3-4-5-6-7-8-9-15-12(14)11(13)10-16/h11,16H,2-10,13H2,1H3/t11-/m0/s1. The second kappa shape index (κ2) is 11.3. The van der Waals surface area contributed by atoms with E-state index in [9.17, 15) is 4.79 Å². The Kier molecular flexibility index (Phi) is 11.1. The fourth-order valence-electron chi connectivity index (χ4n) is 1.41. The number of thiol groups is 1. The first-order chi connectivity index (χ1) is 7.72. The molecule has 0 aliphatic rings. The third-order valence-electron chi connectivity index (χ3n) is 2.49. The van der Waals surface area contributed by atoms with Crippen LogP contribution in [0.4, 0.5) is 0 Å². The van der Waals surface area contributed by atoms with Crippen LogP contribution in [0.1, 0.15) is 51.9 Å². The minimum Gasteiger partial charge on any atom is -0.465 e. The van der Waals surface area contributed by atoms with Crippen LogP contribution in [0.15, 0.2) is 0 Å². The molecule has 0 aromatic carbocycles. The SMILES string of the molecule is CCCCCCCCCOC(=O)[C@@H](N)CS. The third-order valence-corrected chi connectivity index (χ3v) is 2.89. The van der Waals surface area contributed by atoms with Gasteiger partial charge in [0.05, 0.1) is 6.61 Å². The summed E-state index contributed by atoms with van der Waals surface area (Å²) in [7, 11) is 0. The van der Waals surface area contributed by atoms with Crippen LogP contribution in [0, 0.1) is 0 Å². The van der Waals surface area contributed by atoms with Gasteiger partial charge in [-0.05, 0) is 6.42 Å². The van der Waals surface area contributed by atoms with Crippen molar-refractivity contribution in [3.63, 3.8) is 0 Å². The van der Waals surface area contributed by atoms with Gasteiger partial charge in [-0.3, -0.25) is 4.79 Å². The summed E-state index contributed by atoms with van der Waals surface area (Å²) in [5.41, 5.74) is 5.46. The topological polar surface area (TPSA) is 52.3 Å². The lowest BCUT2D eigenvalue weighted by atomic mass is 10.1. The van der Waals surface area contributed by atoms with Gasteiger partial charge in [0.25, 0.3) is 0 Å². The maximum Gasteiger partial charge on any atom is 0.323 e. The Labute approximate surface area is 105 Å². The first-order valence-corrected chi connectivity index (χ1v) is 6.88. The van der Waals surface area contributed by atoms with Crippen molar-refractivity contribution >= 4 is 18.6 Å². The third kappa shape index (κ3) is 9.04. The van der Waals surface area contributed by atoms with Crippen molar-refractivity contribution in [2.24, 2.45) is 5.73 Å². The van der Waals surface area contributed by atoms with E-state index in [1.807, 2.05) is 0 Å². The first kappa shape index (κ1) is 15.8. The van der Waals surface area contributed by atoms with Crippen LogP contribution in [0.2, 0.25) is 0 Å². The minimum absolute atomic E-state index is 0.332. The van der Waals surface area contributed by atoms with Crippen molar-refractivity contribution in [1.82, 2.24) is 0 Å². The van der Waals surface area contributed by atoms with Gasteiger partial charge in [-0.2, -0.15) is 12.6 Å². The molecule has 0 heterocycles. The number of carbonyl (C=O) groups is 1. The Morgan fingerprint density at radius 2 is 1.75 bits per heavy atom. The summed E-state index contributed by atoms with van der Waals surface area (Å²) in [4.78, 5) is 11.2. The molecule has 0 fully saturated rings. The minimum atomic E-state index is -0.576. The predicted molar refractivity (Wildman–Crippen MR) is 70.8 cm³/mol. The summed E-state index contributed by atoms with van der Waals surface area (Å²) in [6, 6.07) is -0.576. The molecule has 0 aromatic rings. The molecule has 0 saturated carbocycles. The monoisotopic (exact) mass is 247 g/mol. The van der Waals surface area contributed by atoms with Gasteiger partial charge in [-0.1, -0.05) is 45.4 Å². The zero-order chi connectivity index (χ0) is 12.2. The van der Waals surface area contributed by atoms with Crippen LogP contribution in [0.3, 0.4) is 0 Å². The quantitative estimate of drug-likeness (QED) is 0.354. The van der Waals surface area contributed by atoms with E-state index < -0.39 is 6.04 Å². The second-order valence-corrected chi connectivity index (χ2v) is 4.44. The van der Waals surface area contributed by atoms with Gasteiger partial charge in [0.2, 0.25) is 0 Å². The van der Waals surface area contributed by atoms with Gasteiger partial charge in [-0.25, -0.2) is 0 Å². The molecule has 0 radical (unpaired) electrons. The lowest BCUT2D eigenvalue weighted by Crippen LogP contribution is -2.34. The molecule has 1 atom stereocenters. The van der Waals surface area contributed by atoms with Crippen LogP contribution in [0.25, 0.3) is 0 Å². The molecule has 0 saturated heterocycles. The molecule has 0 aromatic heterocycles. The highest BCUT2D eigenvalue weighted by atomic mass is 32.1. The number of carbonyl (C=O) groups excluding carboxylic acids is 1. The number of nitrogens with two attached hydrogens (primary N) is 1. The summed E-state index contributed by atoms with van der Waals surface area (Å²) >= 11 is 3.94. The van der Waals surface area contributed by atoms with Crippen LogP contribution in [0.5, 0.6) is 0 Å². The molecule has 0 aliphatic carbocycles. The maximum atomic E-state index is 11.2. The van der Waals surface area contributed by atoms with Crippen LogP contribution < -0.4 is 5.73 Å².